The van der Waals surface area contributed by atoms with Crippen LogP contribution in [-0.2, 0) is 14.3 Å². The highest BCUT2D eigenvalue weighted by atomic mass is 16.5. The monoisotopic (exact) mass is 286 g/mol. The topological polar surface area (TPSA) is 70.1 Å². The summed E-state index contributed by atoms with van der Waals surface area (Å²) < 4.78 is 5.01. The average molecular weight is 286 g/mol. The van der Waals surface area contributed by atoms with Crippen LogP contribution in [0.1, 0.15) is 20.3 Å². The minimum atomic E-state index is -0.810. The van der Waals surface area contributed by atoms with Crippen molar-refractivity contribution in [2.45, 2.75) is 26.3 Å². The van der Waals surface area contributed by atoms with Gasteiger partial charge in [-0.2, -0.15) is 0 Å². The van der Waals surface area contributed by atoms with Crippen molar-refractivity contribution < 1.29 is 19.4 Å². The summed E-state index contributed by atoms with van der Waals surface area (Å²) in [5.41, 5.74) is 0. The van der Waals surface area contributed by atoms with E-state index in [9.17, 15) is 14.7 Å². The lowest BCUT2D eigenvalue weighted by Gasteiger charge is -2.41. The number of carboxylic acid groups (broad SMARTS) is 1. The molecule has 0 aromatic rings. The molecule has 1 N–H and O–H groups in total. The molecule has 1 saturated heterocycles. The zero-order chi connectivity index (χ0) is 15.3. The van der Waals surface area contributed by atoms with Crippen molar-refractivity contribution in [3.8, 4) is 0 Å². The quantitative estimate of drug-likeness (QED) is 0.739. The standard InChI is InChI=1S/C14H26N2O4/c1-10-9-12(17)16(11(2)13(10)14(18)19)6-5-15(3)7-8-20-4/h10-11,13H,5-9H2,1-4H3,(H,18,19). The molecule has 1 rings (SSSR count). The molecule has 1 heterocycles. The highest BCUT2D eigenvalue weighted by molar-refractivity contribution is 5.81. The number of aliphatic carboxylic acids is 1. The zero-order valence-electron chi connectivity index (χ0n) is 12.8. The molecule has 6 heteroatoms. The Labute approximate surface area is 120 Å². The number of likely N-dealkylation sites (tertiary alicyclic amines) is 1. The van der Waals surface area contributed by atoms with Crippen LogP contribution in [0.15, 0.2) is 0 Å². The van der Waals surface area contributed by atoms with E-state index < -0.39 is 11.9 Å². The van der Waals surface area contributed by atoms with E-state index >= 15 is 0 Å². The van der Waals surface area contributed by atoms with E-state index in [-0.39, 0.29) is 17.9 Å². The van der Waals surface area contributed by atoms with Gasteiger partial charge in [0, 0.05) is 39.2 Å². The van der Waals surface area contributed by atoms with E-state index in [2.05, 4.69) is 4.90 Å². The smallest absolute Gasteiger partial charge is 0.308 e. The van der Waals surface area contributed by atoms with E-state index in [1.807, 2.05) is 20.9 Å². The molecule has 0 aromatic carbocycles. The van der Waals surface area contributed by atoms with Gasteiger partial charge in [0.1, 0.15) is 0 Å². The van der Waals surface area contributed by atoms with Crippen molar-refractivity contribution >= 4 is 11.9 Å². The number of hydrogen-bond acceptors (Lipinski definition) is 4. The van der Waals surface area contributed by atoms with Crippen LogP contribution in [0.3, 0.4) is 0 Å². The van der Waals surface area contributed by atoms with Gasteiger partial charge in [-0.15, -0.1) is 0 Å². The zero-order valence-corrected chi connectivity index (χ0v) is 12.8. The summed E-state index contributed by atoms with van der Waals surface area (Å²) in [5.74, 6) is -1.33. The first-order valence-corrected chi connectivity index (χ1v) is 7.08. The maximum absolute atomic E-state index is 12.1. The number of likely N-dealkylation sites (N-methyl/N-ethyl adjacent to an activating group) is 1. The Kier molecular flexibility index (Phi) is 6.42. The molecule has 0 aliphatic carbocycles. The van der Waals surface area contributed by atoms with E-state index in [4.69, 9.17) is 4.74 Å². The molecule has 0 saturated carbocycles. The molecule has 0 bridgehead atoms. The Hall–Kier alpha value is -1.14. The molecule has 116 valence electrons. The summed E-state index contributed by atoms with van der Waals surface area (Å²) in [6.45, 7) is 6.41. The first-order chi connectivity index (χ1) is 9.38. The minimum Gasteiger partial charge on any atom is -0.481 e. The fourth-order valence-electron chi connectivity index (χ4n) is 2.83. The first-order valence-electron chi connectivity index (χ1n) is 7.08. The number of carbonyl (C=O) groups is 2. The maximum atomic E-state index is 12.1. The van der Waals surface area contributed by atoms with Gasteiger partial charge < -0.3 is 19.6 Å². The van der Waals surface area contributed by atoms with Gasteiger partial charge in [-0.05, 0) is 19.9 Å². The number of nitrogens with zero attached hydrogens (tertiary/aromatic N) is 2. The molecule has 0 radical (unpaired) electrons. The number of hydrogen-bond donors (Lipinski definition) is 1. The molecule has 20 heavy (non-hydrogen) atoms. The predicted molar refractivity (Wildman–Crippen MR) is 75.5 cm³/mol. The van der Waals surface area contributed by atoms with E-state index in [1.54, 1.807) is 12.0 Å². The first kappa shape index (κ1) is 16.9. The van der Waals surface area contributed by atoms with Crippen LogP contribution in [0.2, 0.25) is 0 Å². The van der Waals surface area contributed by atoms with E-state index in [0.29, 0.717) is 19.6 Å². The molecular formula is C14H26N2O4. The summed E-state index contributed by atoms with van der Waals surface area (Å²) in [7, 11) is 3.62. The van der Waals surface area contributed by atoms with Crippen LogP contribution in [-0.4, -0.2) is 73.2 Å². The molecule has 6 nitrogen and oxygen atoms in total. The van der Waals surface area contributed by atoms with Crippen LogP contribution in [0, 0.1) is 11.8 Å². The van der Waals surface area contributed by atoms with Gasteiger partial charge in [0.15, 0.2) is 0 Å². The molecule has 1 amide bonds. The number of amides is 1. The van der Waals surface area contributed by atoms with Crippen LogP contribution in [0.25, 0.3) is 0 Å². The largest absolute Gasteiger partial charge is 0.481 e. The molecule has 3 unspecified atom stereocenters. The Bertz CT molecular complexity index is 348. The fraction of sp³-hybridized carbons (Fsp3) is 0.857. The number of methoxy groups -OCH3 is 1. The number of piperidine rings is 1. The van der Waals surface area contributed by atoms with Crippen molar-refractivity contribution in [2.24, 2.45) is 11.8 Å². The van der Waals surface area contributed by atoms with Gasteiger partial charge >= 0.3 is 5.97 Å². The molecular weight excluding hydrogens is 260 g/mol. The Morgan fingerprint density at radius 3 is 2.65 bits per heavy atom. The number of carboxylic acids is 1. The highest BCUT2D eigenvalue weighted by Crippen LogP contribution is 2.29. The van der Waals surface area contributed by atoms with Gasteiger partial charge in [0.05, 0.1) is 12.5 Å². The normalized spacial score (nSPS) is 27.1. The number of ether oxygens (including phenoxy) is 1. The van der Waals surface area contributed by atoms with Gasteiger partial charge in [-0.3, -0.25) is 9.59 Å². The van der Waals surface area contributed by atoms with Crippen molar-refractivity contribution in [3.63, 3.8) is 0 Å². The highest BCUT2D eigenvalue weighted by Gasteiger charge is 2.41. The predicted octanol–water partition coefficient (Wildman–Crippen LogP) is 0.522. The van der Waals surface area contributed by atoms with Gasteiger partial charge in [0.2, 0.25) is 5.91 Å². The van der Waals surface area contributed by atoms with Crippen molar-refractivity contribution in [2.75, 3.05) is 40.4 Å². The van der Waals surface area contributed by atoms with Gasteiger partial charge in [-0.1, -0.05) is 6.92 Å². The van der Waals surface area contributed by atoms with Crippen LogP contribution >= 0.6 is 0 Å². The molecule has 3 atom stereocenters. The van der Waals surface area contributed by atoms with Crippen LogP contribution < -0.4 is 0 Å². The van der Waals surface area contributed by atoms with Crippen molar-refractivity contribution in [1.29, 1.82) is 0 Å². The second-order valence-electron chi connectivity index (χ2n) is 5.67. The van der Waals surface area contributed by atoms with Crippen molar-refractivity contribution in [1.82, 2.24) is 9.80 Å². The van der Waals surface area contributed by atoms with E-state index in [0.717, 1.165) is 13.1 Å². The Morgan fingerprint density at radius 1 is 1.45 bits per heavy atom. The lowest BCUT2D eigenvalue weighted by molar-refractivity contribution is -0.154. The van der Waals surface area contributed by atoms with Crippen molar-refractivity contribution in [3.05, 3.63) is 0 Å². The SMILES string of the molecule is COCCN(C)CCN1C(=O)CC(C)C(C(=O)O)C1C. The third-order valence-electron chi connectivity index (χ3n) is 4.13. The summed E-state index contributed by atoms with van der Waals surface area (Å²) in [6, 6.07) is -0.250. The number of carbonyl (C=O) groups excluding carboxylic acids is 1. The maximum Gasteiger partial charge on any atom is 0.308 e. The van der Waals surface area contributed by atoms with Crippen LogP contribution in [0.5, 0.6) is 0 Å². The molecule has 1 aliphatic heterocycles. The minimum absolute atomic E-state index is 0.0580. The average Bonchev–Trinajstić information content (AvgIpc) is 2.34. The fourth-order valence-corrected chi connectivity index (χ4v) is 2.83. The summed E-state index contributed by atoms with van der Waals surface area (Å²) in [6.07, 6.45) is 0.323. The summed E-state index contributed by atoms with van der Waals surface area (Å²) >= 11 is 0. The lowest BCUT2D eigenvalue weighted by atomic mass is 9.81. The second-order valence-corrected chi connectivity index (χ2v) is 5.67. The molecule has 0 aromatic heterocycles. The third kappa shape index (κ3) is 4.18. The number of rotatable bonds is 7. The Morgan fingerprint density at radius 2 is 2.10 bits per heavy atom. The van der Waals surface area contributed by atoms with Gasteiger partial charge in [0.25, 0.3) is 0 Å². The van der Waals surface area contributed by atoms with Crippen LogP contribution in [0.4, 0.5) is 0 Å². The summed E-state index contributed by atoms with van der Waals surface area (Å²) in [4.78, 5) is 27.2. The summed E-state index contributed by atoms with van der Waals surface area (Å²) in [5, 5.41) is 9.31. The molecule has 1 aliphatic rings. The lowest BCUT2D eigenvalue weighted by Crippen LogP contribution is -2.54. The Balaban J connectivity index is 2.59. The molecule has 1 fully saturated rings. The second kappa shape index (κ2) is 7.59. The van der Waals surface area contributed by atoms with Gasteiger partial charge in [-0.25, -0.2) is 0 Å². The third-order valence-corrected chi connectivity index (χ3v) is 4.13. The van der Waals surface area contributed by atoms with E-state index in [1.165, 1.54) is 0 Å². The molecule has 0 spiro atoms.